The van der Waals surface area contributed by atoms with Crippen LogP contribution in [0.3, 0.4) is 0 Å². The molecule has 1 aromatic carbocycles. The first-order chi connectivity index (χ1) is 11.5. The quantitative estimate of drug-likeness (QED) is 0.789. The molecule has 134 valence electrons. The topological polar surface area (TPSA) is 67.6 Å². The fraction of sp³-hybridized carbons (Fsp3) is 0.611. The van der Waals surface area contributed by atoms with Crippen molar-refractivity contribution in [3.05, 3.63) is 29.3 Å². The van der Waals surface area contributed by atoms with Gasteiger partial charge in [-0.05, 0) is 44.0 Å². The predicted octanol–water partition coefficient (Wildman–Crippen LogP) is 2.28. The Hall–Kier alpha value is -1.30. The number of carbonyl (C=O) groups excluding carboxylic acids is 1. The Bertz CT molecular complexity index is 514. The van der Waals surface area contributed by atoms with Crippen LogP contribution in [-0.4, -0.2) is 49.1 Å². The summed E-state index contributed by atoms with van der Waals surface area (Å²) in [5.74, 6) is 0.761. The minimum absolute atomic E-state index is 0.0644. The molecule has 0 spiro atoms. The maximum Gasteiger partial charge on any atom is 0.224 e. The molecule has 1 heterocycles. The van der Waals surface area contributed by atoms with Crippen molar-refractivity contribution < 1.29 is 9.53 Å². The molecule has 1 fully saturated rings. The first-order valence-corrected chi connectivity index (χ1v) is 9.00. The highest BCUT2D eigenvalue weighted by Crippen LogP contribution is 2.16. The van der Waals surface area contributed by atoms with Gasteiger partial charge in [-0.2, -0.15) is 0 Å². The van der Waals surface area contributed by atoms with E-state index in [1.807, 2.05) is 38.1 Å². The Labute approximate surface area is 149 Å². The van der Waals surface area contributed by atoms with Gasteiger partial charge >= 0.3 is 0 Å². The molecule has 1 aliphatic heterocycles. The minimum atomic E-state index is -0.143. The predicted molar refractivity (Wildman–Crippen MR) is 97.4 cm³/mol. The second kappa shape index (κ2) is 9.25. The van der Waals surface area contributed by atoms with E-state index in [0.717, 1.165) is 38.2 Å². The second-order valence-electron chi connectivity index (χ2n) is 6.57. The average molecular weight is 354 g/mol. The van der Waals surface area contributed by atoms with Crippen LogP contribution < -0.4 is 15.8 Å². The van der Waals surface area contributed by atoms with Crippen LogP contribution in [0, 0.1) is 5.92 Å². The first kappa shape index (κ1) is 19.0. The van der Waals surface area contributed by atoms with Crippen LogP contribution >= 0.6 is 11.6 Å². The SMILES string of the molecule is CC(N)C(C)C(=O)NC1CCN(CCOc2ccc(Cl)cc2)CC1. The number of hydrogen-bond donors (Lipinski definition) is 2. The number of nitrogens with one attached hydrogen (secondary N) is 1. The highest BCUT2D eigenvalue weighted by molar-refractivity contribution is 6.30. The second-order valence-corrected chi connectivity index (χ2v) is 7.01. The Balaban J connectivity index is 1.64. The van der Waals surface area contributed by atoms with E-state index < -0.39 is 0 Å². The van der Waals surface area contributed by atoms with Crippen molar-refractivity contribution in [1.29, 1.82) is 0 Å². The number of amides is 1. The highest BCUT2D eigenvalue weighted by atomic mass is 35.5. The van der Waals surface area contributed by atoms with Crippen molar-refractivity contribution in [3.8, 4) is 5.75 Å². The zero-order valence-electron chi connectivity index (χ0n) is 14.5. The van der Waals surface area contributed by atoms with Gasteiger partial charge in [-0.15, -0.1) is 0 Å². The Morgan fingerprint density at radius 3 is 2.54 bits per heavy atom. The molecule has 1 saturated heterocycles. The normalized spacial score (nSPS) is 18.8. The van der Waals surface area contributed by atoms with Crippen molar-refractivity contribution in [2.24, 2.45) is 11.7 Å². The van der Waals surface area contributed by atoms with Crippen molar-refractivity contribution in [1.82, 2.24) is 10.2 Å². The number of nitrogens with two attached hydrogens (primary N) is 1. The number of piperidine rings is 1. The average Bonchev–Trinajstić information content (AvgIpc) is 2.57. The largest absolute Gasteiger partial charge is 0.492 e. The van der Waals surface area contributed by atoms with E-state index in [0.29, 0.717) is 11.6 Å². The van der Waals surface area contributed by atoms with Gasteiger partial charge in [-0.25, -0.2) is 0 Å². The number of likely N-dealkylation sites (tertiary alicyclic amines) is 1. The summed E-state index contributed by atoms with van der Waals surface area (Å²) in [6.45, 7) is 7.24. The van der Waals surface area contributed by atoms with Crippen molar-refractivity contribution >= 4 is 17.5 Å². The van der Waals surface area contributed by atoms with E-state index in [-0.39, 0.29) is 23.9 Å². The Morgan fingerprint density at radius 1 is 1.33 bits per heavy atom. The van der Waals surface area contributed by atoms with Gasteiger partial charge in [-0.1, -0.05) is 18.5 Å². The molecule has 0 radical (unpaired) electrons. The van der Waals surface area contributed by atoms with E-state index in [1.165, 1.54) is 0 Å². The summed E-state index contributed by atoms with van der Waals surface area (Å²) in [7, 11) is 0. The van der Waals surface area contributed by atoms with Gasteiger partial charge < -0.3 is 15.8 Å². The molecular formula is C18H28ClN3O2. The van der Waals surface area contributed by atoms with Gasteiger partial charge in [0.2, 0.25) is 5.91 Å². The zero-order chi connectivity index (χ0) is 17.5. The molecule has 1 aromatic rings. The molecular weight excluding hydrogens is 326 g/mol. The fourth-order valence-corrected chi connectivity index (χ4v) is 2.82. The molecule has 2 rings (SSSR count). The number of carbonyl (C=O) groups is 1. The number of ether oxygens (including phenoxy) is 1. The van der Waals surface area contributed by atoms with E-state index in [2.05, 4.69) is 10.2 Å². The molecule has 24 heavy (non-hydrogen) atoms. The molecule has 3 N–H and O–H groups in total. The standard InChI is InChI=1S/C18H28ClN3O2/c1-13(14(2)20)18(23)21-16-7-9-22(10-8-16)11-12-24-17-5-3-15(19)4-6-17/h3-6,13-14,16H,7-12,20H2,1-2H3,(H,21,23). The summed E-state index contributed by atoms with van der Waals surface area (Å²) >= 11 is 5.85. The smallest absolute Gasteiger partial charge is 0.224 e. The number of benzene rings is 1. The lowest BCUT2D eigenvalue weighted by Crippen LogP contribution is -2.48. The molecule has 1 amide bonds. The van der Waals surface area contributed by atoms with Crippen LogP contribution in [0.1, 0.15) is 26.7 Å². The van der Waals surface area contributed by atoms with Crippen LogP contribution in [0.5, 0.6) is 5.75 Å². The van der Waals surface area contributed by atoms with E-state index >= 15 is 0 Å². The zero-order valence-corrected chi connectivity index (χ0v) is 15.3. The number of rotatable bonds is 7. The Kier molecular flexibility index (Phi) is 7.34. The summed E-state index contributed by atoms with van der Waals surface area (Å²) in [5.41, 5.74) is 5.78. The lowest BCUT2D eigenvalue weighted by atomic mass is 10.0. The fourth-order valence-electron chi connectivity index (χ4n) is 2.70. The first-order valence-electron chi connectivity index (χ1n) is 8.62. The van der Waals surface area contributed by atoms with E-state index in [9.17, 15) is 4.79 Å². The van der Waals surface area contributed by atoms with Crippen LogP contribution in [0.4, 0.5) is 0 Å². The van der Waals surface area contributed by atoms with Gasteiger partial charge in [0, 0.05) is 42.7 Å². The number of hydrogen-bond acceptors (Lipinski definition) is 4. The van der Waals surface area contributed by atoms with Gasteiger partial charge in [0.25, 0.3) is 0 Å². The lowest BCUT2D eigenvalue weighted by Gasteiger charge is -2.33. The van der Waals surface area contributed by atoms with Gasteiger partial charge in [0.1, 0.15) is 12.4 Å². The number of nitrogens with zero attached hydrogens (tertiary/aromatic N) is 1. The van der Waals surface area contributed by atoms with Crippen LogP contribution in [0.2, 0.25) is 5.02 Å². The minimum Gasteiger partial charge on any atom is -0.492 e. The molecule has 5 nitrogen and oxygen atoms in total. The summed E-state index contributed by atoms with van der Waals surface area (Å²) in [6.07, 6.45) is 1.94. The molecule has 0 saturated carbocycles. The van der Waals surface area contributed by atoms with Gasteiger partial charge in [0.15, 0.2) is 0 Å². The molecule has 0 bridgehead atoms. The van der Waals surface area contributed by atoms with E-state index in [1.54, 1.807) is 0 Å². The van der Waals surface area contributed by atoms with Crippen LogP contribution in [-0.2, 0) is 4.79 Å². The third-order valence-corrected chi connectivity index (χ3v) is 4.88. The molecule has 2 atom stereocenters. The summed E-state index contributed by atoms with van der Waals surface area (Å²) in [4.78, 5) is 14.4. The summed E-state index contributed by atoms with van der Waals surface area (Å²) in [5, 5.41) is 3.83. The lowest BCUT2D eigenvalue weighted by molar-refractivity contribution is -0.126. The van der Waals surface area contributed by atoms with Crippen LogP contribution in [0.25, 0.3) is 0 Å². The maximum atomic E-state index is 12.1. The van der Waals surface area contributed by atoms with Gasteiger partial charge in [-0.3, -0.25) is 9.69 Å². The van der Waals surface area contributed by atoms with Crippen molar-refractivity contribution in [3.63, 3.8) is 0 Å². The Morgan fingerprint density at radius 2 is 1.96 bits per heavy atom. The maximum absolute atomic E-state index is 12.1. The van der Waals surface area contributed by atoms with E-state index in [4.69, 9.17) is 22.1 Å². The molecule has 0 aromatic heterocycles. The third-order valence-electron chi connectivity index (χ3n) is 4.63. The number of halogens is 1. The van der Waals surface area contributed by atoms with Gasteiger partial charge in [0.05, 0.1) is 0 Å². The molecule has 6 heteroatoms. The molecule has 1 aliphatic rings. The summed E-state index contributed by atoms with van der Waals surface area (Å²) < 4.78 is 5.73. The third kappa shape index (κ3) is 5.96. The summed E-state index contributed by atoms with van der Waals surface area (Å²) in [6, 6.07) is 7.55. The van der Waals surface area contributed by atoms with Crippen LogP contribution in [0.15, 0.2) is 24.3 Å². The monoisotopic (exact) mass is 353 g/mol. The molecule has 0 aliphatic carbocycles. The van der Waals surface area contributed by atoms with Crippen molar-refractivity contribution in [2.75, 3.05) is 26.2 Å². The highest BCUT2D eigenvalue weighted by Gasteiger charge is 2.24. The molecule has 2 unspecified atom stereocenters. The van der Waals surface area contributed by atoms with Crippen molar-refractivity contribution in [2.45, 2.75) is 38.8 Å².